The summed E-state index contributed by atoms with van der Waals surface area (Å²) in [6.07, 6.45) is 3.51. The standard InChI is InChI=1S/C13H22N4O2/c1-3-4-5-8-16(2)10-11-9-12(17(18)19)6-7-13(11)15-14/h6-7,9,15H,3-5,8,10,14H2,1-2H3. The Hall–Kier alpha value is -1.66. The molecule has 1 rings (SSSR count). The van der Waals surface area contributed by atoms with Crippen molar-refractivity contribution in [3.63, 3.8) is 0 Å². The molecule has 0 aliphatic rings. The van der Waals surface area contributed by atoms with E-state index in [2.05, 4.69) is 17.2 Å². The van der Waals surface area contributed by atoms with Crippen LogP contribution in [0.25, 0.3) is 0 Å². The number of hydrogen-bond acceptors (Lipinski definition) is 5. The fourth-order valence-electron chi connectivity index (χ4n) is 1.97. The lowest BCUT2D eigenvalue weighted by Gasteiger charge is -2.18. The monoisotopic (exact) mass is 266 g/mol. The van der Waals surface area contributed by atoms with Crippen LogP contribution in [0.2, 0.25) is 0 Å². The van der Waals surface area contributed by atoms with Crippen molar-refractivity contribution in [2.45, 2.75) is 32.7 Å². The first-order valence-corrected chi connectivity index (χ1v) is 6.51. The van der Waals surface area contributed by atoms with Crippen LogP contribution in [0, 0.1) is 10.1 Å². The normalized spacial score (nSPS) is 10.7. The molecule has 0 atom stereocenters. The number of benzene rings is 1. The number of nitrogens with zero attached hydrogens (tertiary/aromatic N) is 2. The summed E-state index contributed by atoms with van der Waals surface area (Å²) in [6, 6.07) is 4.68. The zero-order chi connectivity index (χ0) is 14.3. The number of rotatable bonds is 8. The summed E-state index contributed by atoms with van der Waals surface area (Å²) in [4.78, 5) is 12.6. The molecule has 0 saturated carbocycles. The number of anilines is 1. The van der Waals surface area contributed by atoms with E-state index in [4.69, 9.17) is 5.84 Å². The summed E-state index contributed by atoms with van der Waals surface area (Å²) >= 11 is 0. The summed E-state index contributed by atoms with van der Waals surface area (Å²) in [5.74, 6) is 5.44. The van der Waals surface area contributed by atoms with E-state index in [-0.39, 0.29) is 10.6 Å². The third-order valence-electron chi connectivity index (χ3n) is 3.04. The molecule has 0 bridgehead atoms. The van der Waals surface area contributed by atoms with Crippen LogP contribution < -0.4 is 11.3 Å². The maximum Gasteiger partial charge on any atom is 0.269 e. The molecular weight excluding hydrogens is 244 g/mol. The number of nitro benzene ring substituents is 1. The van der Waals surface area contributed by atoms with Crippen molar-refractivity contribution >= 4 is 11.4 Å². The Kier molecular flexibility index (Phi) is 6.24. The molecule has 6 heteroatoms. The van der Waals surface area contributed by atoms with Crippen LogP contribution in [0.1, 0.15) is 31.7 Å². The number of nitro groups is 1. The number of nitrogen functional groups attached to an aromatic ring is 1. The molecule has 0 radical (unpaired) electrons. The van der Waals surface area contributed by atoms with Crippen LogP contribution in [0.5, 0.6) is 0 Å². The quantitative estimate of drug-likeness (QED) is 0.327. The van der Waals surface area contributed by atoms with Gasteiger partial charge in [-0.25, -0.2) is 0 Å². The molecule has 0 amide bonds. The lowest BCUT2D eigenvalue weighted by Crippen LogP contribution is -2.21. The molecule has 0 aliphatic heterocycles. The Balaban J connectivity index is 2.74. The maximum absolute atomic E-state index is 10.8. The van der Waals surface area contributed by atoms with Crippen molar-refractivity contribution in [3.8, 4) is 0 Å². The van der Waals surface area contributed by atoms with Gasteiger partial charge < -0.3 is 10.3 Å². The largest absolute Gasteiger partial charge is 0.324 e. The van der Waals surface area contributed by atoms with Gasteiger partial charge in [0.1, 0.15) is 0 Å². The zero-order valence-corrected chi connectivity index (χ0v) is 11.6. The van der Waals surface area contributed by atoms with E-state index in [0.29, 0.717) is 6.54 Å². The van der Waals surface area contributed by atoms with Crippen molar-refractivity contribution in [1.82, 2.24) is 4.90 Å². The summed E-state index contributed by atoms with van der Waals surface area (Å²) in [5, 5.41) is 10.8. The smallest absolute Gasteiger partial charge is 0.269 e. The van der Waals surface area contributed by atoms with E-state index < -0.39 is 0 Å². The van der Waals surface area contributed by atoms with E-state index >= 15 is 0 Å². The second-order valence-corrected chi connectivity index (χ2v) is 4.69. The Morgan fingerprint density at radius 3 is 2.74 bits per heavy atom. The highest BCUT2D eigenvalue weighted by Crippen LogP contribution is 2.22. The van der Waals surface area contributed by atoms with Crippen molar-refractivity contribution in [1.29, 1.82) is 0 Å². The fourth-order valence-corrected chi connectivity index (χ4v) is 1.97. The van der Waals surface area contributed by atoms with E-state index in [0.717, 1.165) is 24.2 Å². The Morgan fingerprint density at radius 1 is 1.42 bits per heavy atom. The molecule has 106 valence electrons. The van der Waals surface area contributed by atoms with Gasteiger partial charge in [-0.2, -0.15) is 0 Å². The van der Waals surface area contributed by atoms with Crippen LogP contribution in [-0.2, 0) is 6.54 Å². The van der Waals surface area contributed by atoms with Crippen LogP contribution in [0.3, 0.4) is 0 Å². The van der Waals surface area contributed by atoms with Gasteiger partial charge in [0.25, 0.3) is 5.69 Å². The summed E-state index contributed by atoms with van der Waals surface area (Å²) in [5.41, 5.74) is 4.25. The number of non-ortho nitro benzene ring substituents is 1. The number of hydrazine groups is 1. The number of nitrogens with two attached hydrogens (primary N) is 1. The SMILES string of the molecule is CCCCCN(C)Cc1cc([N+](=O)[O-])ccc1NN. The van der Waals surface area contributed by atoms with Gasteiger partial charge in [0.05, 0.1) is 10.6 Å². The first-order valence-electron chi connectivity index (χ1n) is 6.51. The second-order valence-electron chi connectivity index (χ2n) is 4.69. The first kappa shape index (κ1) is 15.4. The molecule has 1 aromatic rings. The van der Waals surface area contributed by atoms with Gasteiger partial charge >= 0.3 is 0 Å². The molecular formula is C13H22N4O2. The lowest BCUT2D eigenvalue weighted by atomic mass is 10.1. The molecule has 0 heterocycles. The predicted molar refractivity (Wildman–Crippen MR) is 76.8 cm³/mol. The molecule has 1 aromatic carbocycles. The Labute approximate surface area is 113 Å². The first-order chi connectivity index (χ1) is 9.08. The van der Waals surface area contributed by atoms with Crippen LogP contribution >= 0.6 is 0 Å². The summed E-state index contributed by atoms with van der Waals surface area (Å²) in [6.45, 7) is 3.78. The average molecular weight is 266 g/mol. The van der Waals surface area contributed by atoms with Crippen molar-refractivity contribution in [3.05, 3.63) is 33.9 Å². The minimum Gasteiger partial charge on any atom is -0.324 e. The third kappa shape index (κ3) is 4.84. The zero-order valence-electron chi connectivity index (χ0n) is 11.6. The van der Waals surface area contributed by atoms with Gasteiger partial charge in [-0.05, 0) is 31.6 Å². The van der Waals surface area contributed by atoms with Gasteiger partial charge in [-0.15, -0.1) is 0 Å². The molecule has 6 nitrogen and oxygen atoms in total. The number of unbranched alkanes of at least 4 members (excludes halogenated alkanes) is 2. The molecule has 0 aromatic heterocycles. The minimum absolute atomic E-state index is 0.0935. The highest BCUT2D eigenvalue weighted by molar-refractivity contribution is 5.55. The maximum atomic E-state index is 10.8. The molecule has 19 heavy (non-hydrogen) atoms. The van der Waals surface area contributed by atoms with Crippen LogP contribution in [0.4, 0.5) is 11.4 Å². The molecule has 0 unspecified atom stereocenters. The second kappa shape index (κ2) is 7.70. The van der Waals surface area contributed by atoms with Gasteiger partial charge in [0.15, 0.2) is 0 Å². The highest BCUT2D eigenvalue weighted by atomic mass is 16.6. The summed E-state index contributed by atoms with van der Waals surface area (Å²) < 4.78 is 0. The fraction of sp³-hybridized carbons (Fsp3) is 0.538. The summed E-state index contributed by atoms with van der Waals surface area (Å²) in [7, 11) is 2.01. The Morgan fingerprint density at radius 2 is 2.16 bits per heavy atom. The average Bonchev–Trinajstić information content (AvgIpc) is 2.38. The molecule has 0 saturated heterocycles. The highest BCUT2D eigenvalue weighted by Gasteiger charge is 2.11. The molecule has 0 aliphatic carbocycles. The number of nitrogens with one attached hydrogen (secondary N) is 1. The van der Waals surface area contributed by atoms with E-state index in [1.807, 2.05) is 7.05 Å². The topological polar surface area (TPSA) is 84.4 Å². The van der Waals surface area contributed by atoms with E-state index in [1.165, 1.54) is 18.9 Å². The van der Waals surface area contributed by atoms with Crippen LogP contribution in [-0.4, -0.2) is 23.4 Å². The molecule has 0 fully saturated rings. The third-order valence-corrected chi connectivity index (χ3v) is 3.04. The lowest BCUT2D eigenvalue weighted by molar-refractivity contribution is -0.384. The van der Waals surface area contributed by atoms with Crippen molar-refractivity contribution < 1.29 is 4.92 Å². The van der Waals surface area contributed by atoms with Crippen molar-refractivity contribution in [2.75, 3.05) is 19.0 Å². The minimum atomic E-state index is -0.388. The molecule has 3 N–H and O–H groups in total. The number of hydrogen-bond donors (Lipinski definition) is 2. The van der Waals surface area contributed by atoms with Gasteiger partial charge in [0, 0.05) is 18.7 Å². The van der Waals surface area contributed by atoms with Crippen molar-refractivity contribution in [2.24, 2.45) is 5.84 Å². The van der Waals surface area contributed by atoms with E-state index in [1.54, 1.807) is 12.1 Å². The Bertz CT molecular complexity index is 423. The molecule has 0 spiro atoms. The van der Waals surface area contributed by atoms with E-state index in [9.17, 15) is 10.1 Å². The van der Waals surface area contributed by atoms with Gasteiger partial charge in [0.2, 0.25) is 0 Å². The predicted octanol–water partition coefficient (Wildman–Crippen LogP) is 2.50. The van der Waals surface area contributed by atoms with Gasteiger partial charge in [-0.3, -0.25) is 16.0 Å². The van der Waals surface area contributed by atoms with Gasteiger partial charge in [-0.1, -0.05) is 19.8 Å². The van der Waals surface area contributed by atoms with Crippen LogP contribution in [0.15, 0.2) is 18.2 Å².